The predicted molar refractivity (Wildman–Crippen MR) is 85.3 cm³/mol. The van der Waals surface area contributed by atoms with E-state index < -0.39 is 0 Å². The molecule has 0 amide bonds. The summed E-state index contributed by atoms with van der Waals surface area (Å²) in [6.07, 6.45) is 0. The minimum Gasteiger partial charge on any atom is -0.496 e. The maximum Gasteiger partial charge on any atom is 0.122 e. The first-order valence-electron chi connectivity index (χ1n) is 6.26. The Bertz CT molecular complexity index is 553. The number of rotatable bonds is 5. The number of aryl methyl sites for hydroxylation is 1. The molecular formula is C15H18BrNOS. The van der Waals surface area contributed by atoms with Gasteiger partial charge in [-0.05, 0) is 57.5 Å². The van der Waals surface area contributed by atoms with Crippen molar-refractivity contribution in [3.63, 3.8) is 0 Å². The van der Waals surface area contributed by atoms with Gasteiger partial charge in [0, 0.05) is 9.85 Å². The normalized spacial score (nSPS) is 12.4. The molecule has 102 valence electrons. The quantitative estimate of drug-likeness (QED) is 0.864. The summed E-state index contributed by atoms with van der Waals surface area (Å²) in [5.74, 6) is 0.937. The lowest BCUT2D eigenvalue weighted by molar-refractivity contribution is 0.410. The second-order valence-electron chi connectivity index (χ2n) is 4.39. The number of thiophene rings is 1. The highest BCUT2D eigenvalue weighted by Gasteiger charge is 2.17. The zero-order chi connectivity index (χ0) is 13.8. The fraction of sp³-hybridized carbons (Fsp3) is 0.333. The van der Waals surface area contributed by atoms with Crippen molar-refractivity contribution in [1.29, 1.82) is 0 Å². The van der Waals surface area contributed by atoms with Crippen LogP contribution < -0.4 is 10.1 Å². The molecule has 1 N–H and O–H groups in total. The van der Waals surface area contributed by atoms with Gasteiger partial charge < -0.3 is 10.1 Å². The van der Waals surface area contributed by atoms with Crippen molar-refractivity contribution in [2.45, 2.75) is 19.9 Å². The zero-order valence-electron chi connectivity index (χ0n) is 11.4. The highest BCUT2D eigenvalue weighted by atomic mass is 79.9. The Labute approximate surface area is 126 Å². The van der Waals surface area contributed by atoms with E-state index in [1.165, 1.54) is 11.1 Å². The third-order valence-corrected chi connectivity index (χ3v) is 4.88. The summed E-state index contributed by atoms with van der Waals surface area (Å²) in [6.45, 7) is 5.10. The average molecular weight is 340 g/mol. The smallest absolute Gasteiger partial charge is 0.122 e. The van der Waals surface area contributed by atoms with Crippen LogP contribution in [-0.2, 0) is 0 Å². The lowest BCUT2D eigenvalue weighted by Gasteiger charge is -2.19. The van der Waals surface area contributed by atoms with Crippen LogP contribution in [0.1, 0.15) is 29.7 Å². The Balaban J connectivity index is 2.42. The second-order valence-corrected chi connectivity index (χ2v) is 5.99. The topological polar surface area (TPSA) is 21.3 Å². The SMILES string of the molecule is CCNC(c1ccc(C)c(OC)c1)c1cscc1Br. The Morgan fingerprint density at radius 1 is 1.37 bits per heavy atom. The minimum atomic E-state index is 0.195. The van der Waals surface area contributed by atoms with E-state index in [2.05, 4.69) is 64.1 Å². The van der Waals surface area contributed by atoms with Gasteiger partial charge >= 0.3 is 0 Å². The number of hydrogen-bond acceptors (Lipinski definition) is 3. The van der Waals surface area contributed by atoms with E-state index >= 15 is 0 Å². The standard InChI is InChI=1S/C15H18BrNOS/c1-4-17-15(12-8-19-9-13(12)16)11-6-5-10(2)14(7-11)18-3/h5-9,15,17H,4H2,1-3H3. The second kappa shape index (κ2) is 6.55. The van der Waals surface area contributed by atoms with Crippen LogP contribution in [0.3, 0.4) is 0 Å². The number of halogens is 1. The van der Waals surface area contributed by atoms with E-state index in [0.29, 0.717) is 0 Å². The molecule has 0 radical (unpaired) electrons. The summed E-state index contributed by atoms with van der Waals surface area (Å²) in [5, 5.41) is 7.83. The van der Waals surface area contributed by atoms with Gasteiger partial charge in [0.1, 0.15) is 5.75 Å². The molecule has 0 aliphatic rings. The van der Waals surface area contributed by atoms with Crippen molar-refractivity contribution in [1.82, 2.24) is 5.32 Å². The lowest BCUT2D eigenvalue weighted by atomic mass is 9.99. The first-order valence-corrected chi connectivity index (χ1v) is 8.00. The van der Waals surface area contributed by atoms with Gasteiger partial charge in [-0.1, -0.05) is 19.1 Å². The van der Waals surface area contributed by atoms with Crippen molar-refractivity contribution in [2.75, 3.05) is 13.7 Å². The van der Waals surface area contributed by atoms with Gasteiger partial charge in [0.05, 0.1) is 13.2 Å². The summed E-state index contributed by atoms with van der Waals surface area (Å²) in [6, 6.07) is 6.58. The van der Waals surface area contributed by atoms with Crippen LogP contribution in [0.4, 0.5) is 0 Å². The van der Waals surface area contributed by atoms with E-state index in [9.17, 15) is 0 Å². The van der Waals surface area contributed by atoms with Crippen LogP contribution >= 0.6 is 27.3 Å². The van der Waals surface area contributed by atoms with Crippen molar-refractivity contribution < 1.29 is 4.74 Å². The molecule has 0 bridgehead atoms. The van der Waals surface area contributed by atoms with Crippen LogP contribution in [0.5, 0.6) is 5.75 Å². The highest BCUT2D eigenvalue weighted by molar-refractivity contribution is 9.10. The molecule has 1 aromatic heterocycles. The molecule has 1 unspecified atom stereocenters. The van der Waals surface area contributed by atoms with Gasteiger partial charge in [-0.2, -0.15) is 11.3 Å². The molecule has 1 aromatic carbocycles. The molecule has 1 heterocycles. The number of ether oxygens (including phenoxy) is 1. The van der Waals surface area contributed by atoms with Crippen LogP contribution in [0.15, 0.2) is 33.4 Å². The molecule has 2 aromatic rings. The van der Waals surface area contributed by atoms with Crippen molar-refractivity contribution in [3.05, 3.63) is 50.1 Å². The molecule has 0 spiro atoms. The van der Waals surface area contributed by atoms with E-state index in [1.807, 2.05) is 0 Å². The van der Waals surface area contributed by atoms with Crippen LogP contribution in [0, 0.1) is 6.92 Å². The van der Waals surface area contributed by atoms with Gasteiger partial charge in [0.25, 0.3) is 0 Å². The first kappa shape index (κ1) is 14.6. The van der Waals surface area contributed by atoms with Gasteiger partial charge in [-0.3, -0.25) is 0 Å². The van der Waals surface area contributed by atoms with Crippen molar-refractivity contribution >= 4 is 27.3 Å². The predicted octanol–water partition coefficient (Wildman–Crippen LogP) is 4.53. The summed E-state index contributed by atoms with van der Waals surface area (Å²) in [5.41, 5.74) is 3.66. The Morgan fingerprint density at radius 2 is 2.16 bits per heavy atom. The molecule has 0 saturated heterocycles. The van der Waals surface area contributed by atoms with Crippen molar-refractivity contribution in [3.8, 4) is 5.75 Å². The van der Waals surface area contributed by atoms with Crippen LogP contribution in [0.2, 0.25) is 0 Å². The first-order chi connectivity index (χ1) is 9.17. The fourth-order valence-corrected chi connectivity index (χ4v) is 3.68. The molecule has 2 rings (SSSR count). The van der Waals surface area contributed by atoms with E-state index in [0.717, 1.165) is 22.3 Å². The molecule has 4 heteroatoms. The molecule has 0 fully saturated rings. The molecule has 0 aliphatic carbocycles. The summed E-state index contributed by atoms with van der Waals surface area (Å²) in [7, 11) is 1.72. The van der Waals surface area contributed by atoms with Gasteiger partial charge in [-0.25, -0.2) is 0 Å². The lowest BCUT2D eigenvalue weighted by Crippen LogP contribution is -2.21. The number of nitrogens with one attached hydrogen (secondary N) is 1. The van der Waals surface area contributed by atoms with E-state index in [-0.39, 0.29) is 6.04 Å². The van der Waals surface area contributed by atoms with Gasteiger partial charge in [-0.15, -0.1) is 0 Å². The fourth-order valence-electron chi connectivity index (χ4n) is 2.12. The molecule has 2 nitrogen and oxygen atoms in total. The number of hydrogen-bond donors (Lipinski definition) is 1. The average Bonchev–Trinajstić information content (AvgIpc) is 2.83. The summed E-state index contributed by atoms with van der Waals surface area (Å²) < 4.78 is 6.58. The third kappa shape index (κ3) is 3.19. The van der Waals surface area contributed by atoms with Crippen molar-refractivity contribution in [2.24, 2.45) is 0 Å². The van der Waals surface area contributed by atoms with Crippen LogP contribution in [0.25, 0.3) is 0 Å². The Hall–Kier alpha value is -0.840. The Morgan fingerprint density at radius 3 is 2.74 bits per heavy atom. The van der Waals surface area contributed by atoms with E-state index in [1.54, 1.807) is 18.4 Å². The molecule has 0 aliphatic heterocycles. The number of methoxy groups -OCH3 is 1. The van der Waals surface area contributed by atoms with Gasteiger partial charge in [0.2, 0.25) is 0 Å². The van der Waals surface area contributed by atoms with Gasteiger partial charge in [0.15, 0.2) is 0 Å². The van der Waals surface area contributed by atoms with Crippen LogP contribution in [-0.4, -0.2) is 13.7 Å². The van der Waals surface area contributed by atoms with E-state index in [4.69, 9.17) is 4.74 Å². The largest absolute Gasteiger partial charge is 0.496 e. The summed E-state index contributed by atoms with van der Waals surface area (Å²) >= 11 is 5.33. The third-order valence-electron chi connectivity index (χ3n) is 3.13. The monoisotopic (exact) mass is 339 g/mol. The Kier molecular flexibility index (Phi) is 5.02. The highest BCUT2D eigenvalue weighted by Crippen LogP contribution is 2.33. The number of benzene rings is 1. The zero-order valence-corrected chi connectivity index (χ0v) is 13.8. The maximum atomic E-state index is 5.42. The minimum absolute atomic E-state index is 0.195. The maximum absolute atomic E-state index is 5.42. The summed E-state index contributed by atoms with van der Waals surface area (Å²) in [4.78, 5) is 0. The molecule has 19 heavy (non-hydrogen) atoms. The molecule has 0 saturated carbocycles. The molecule has 1 atom stereocenters. The molecular weight excluding hydrogens is 322 g/mol.